The molecule has 1 rings (SSSR count). The Kier molecular flexibility index (Phi) is 2.89. The minimum atomic E-state index is 0.805. The number of benzene rings is 1. The van der Waals surface area contributed by atoms with E-state index in [0.29, 0.717) is 0 Å². The minimum absolute atomic E-state index is 0.805. The van der Waals surface area contributed by atoms with Crippen molar-refractivity contribution in [3.8, 4) is 0 Å². The van der Waals surface area contributed by atoms with Gasteiger partial charge < -0.3 is 0 Å². The Hall–Kier alpha value is 0.140. The standard InChI is InChI=1S/C6H5BrClNS/c7-4-1-2-6(10)5(3-4)9-8/h1-3,9-10H. The van der Waals surface area contributed by atoms with Crippen LogP contribution in [0, 0.1) is 0 Å². The lowest BCUT2D eigenvalue weighted by molar-refractivity contribution is 1.45. The van der Waals surface area contributed by atoms with Crippen LogP contribution < -0.4 is 4.84 Å². The van der Waals surface area contributed by atoms with E-state index in [1.54, 1.807) is 0 Å². The molecule has 0 saturated carbocycles. The summed E-state index contributed by atoms with van der Waals surface area (Å²) in [7, 11) is 0. The minimum Gasteiger partial charge on any atom is -0.297 e. The number of hydrogen-bond donors (Lipinski definition) is 2. The van der Waals surface area contributed by atoms with Gasteiger partial charge in [-0.05, 0) is 18.2 Å². The maximum atomic E-state index is 5.38. The van der Waals surface area contributed by atoms with Crippen LogP contribution in [-0.4, -0.2) is 0 Å². The third kappa shape index (κ3) is 1.81. The second-order valence-electron chi connectivity index (χ2n) is 1.76. The van der Waals surface area contributed by atoms with Gasteiger partial charge in [0.1, 0.15) is 0 Å². The van der Waals surface area contributed by atoms with Gasteiger partial charge in [-0.25, -0.2) is 0 Å². The number of rotatable bonds is 1. The normalized spacial score (nSPS) is 9.50. The molecule has 1 aromatic rings. The van der Waals surface area contributed by atoms with Gasteiger partial charge in [0.25, 0.3) is 0 Å². The summed E-state index contributed by atoms with van der Waals surface area (Å²) in [5.74, 6) is 0. The highest BCUT2D eigenvalue weighted by Gasteiger charge is 1.95. The number of hydrogen-bond acceptors (Lipinski definition) is 2. The second-order valence-corrected chi connectivity index (χ2v) is 3.34. The van der Waals surface area contributed by atoms with Crippen molar-refractivity contribution in [1.82, 2.24) is 0 Å². The van der Waals surface area contributed by atoms with Gasteiger partial charge in [-0.15, -0.1) is 12.6 Å². The van der Waals surface area contributed by atoms with Crippen molar-refractivity contribution in [3.05, 3.63) is 22.7 Å². The van der Waals surface area contributed by atoms with Crippen molar-refractivity contribution >= 4 is 46.0 Å². The van der Waals surface area contributed by atoms with Gasteiger partial charge in [0.15, 0.2) is 0 Å². The number of nitrogens with one attached hydrogen (secondary N) is 1. The Bertz CT molecular complexity index is 241. The Morgan fingerprint density at radius 1 is 1.50 bits per heavy atom. The molecule has 0 amide bonds. The van der Waals surface area contributed by atoms with Crippen molar-refractivity contribution < 1.29 is 0 Å². The van der Waals surface area contributed by atoms with Gasteiger partial charge in [0, 0.05) is 21.1 Å². The summed E-state index contributed by atoms with van der Waals surface area (Å²) >= 11 is 12.8. The largest absolute Gasteiger partial charge is 0.297 e. The van der Waals surface area contributed by atoms with Gasteiger partial charge in [-0.2, -0.15) is 0 Å². The van der Waals surface area contributed by atoms with Gasteiger partial charge >= 0.3 is 0 Å². The molecule has 0 aliphatic rings. The van der Waals surface area contributed by atoms with E-state index in [1.807, 2.05) is 18.2 Å². The van der Waals surface area contributed by atoms with Crippen LogP contribution in [0.1, 0.15) is 0 Å². The molecule has 0 fully saturated rings. The fraction of sp³-hybridized carbons (Fsp3) is 0. The van der Waals surface area contributed by atoms with Gasteiger partial charge in [-0.3, -0.25) is 4.84 Å². The molecule has 0 radical (unpaired) electrons. The molecule has 0 saturated heterocycles. The predicted octanol–water partition coefficient (Wildman–Crippen LogP) is 3.30. The molecule has 0 spiro atoms. The maximum absolute atomic E-state index is 5.38. The van der Waals surface area contributed by atoms with Crippen LogP contribution in [0.2, 0.25) is 0 Å². The van der Waals surface area contributed by atoms with E-state index in [9.17, 15) is 0 Å². The molecule has 1 aromatic carbocycles. The first-order valence-corrected chi connectivity index (χ1v) is 4.21. The zero-order valence-corrected chi connectivity index (χ0v) is 8.17. The Morgan fingerprint density at radius 3 is 2.70 bits per heavy atom. The summed E-state index contributed by atoms with van der Waals surface area (Å²) in [5, 5.41) is 0. The summed E-state index contributed by atoms with van der Waals surface area (Å²) in [6, 6.07) is 5.62. The molecule has 1 N–H and O–H groups in total. The van der Waals surface area contributed by atoms with Crippen LogP contribution in [0.3, 0.4) is 0 Å². The SMILES string of the molecule is Sc1ccc(Br)cc1NCl. The third-order valence-corrected chi connectivity index (χ3v) is 2.15. The van der Waals surface area contributed by atoms with E-state index in [0.717, 1.165) is 15.1 Å². The second kappa shape index (κ2) is 3.51. The van der Waals surface area contributed by atoms with E-state index in [1.165, 1.54) is 0 Å². The van der Waals surface area contributed by atoms with Crippen LogP contribution in [0.4, 0.5) is 5.69 Å². The molecular weight excluding hydrogens is 233 g/mol. The quantitative estimate of drug-likeness (QED) is 0.565. The Balaban J connectivity index is 3.09. The highest BCUT2D eigenvalue weighted by molar-refractivity contribution is 9.10. The first-order chi connectivity index (χ1) is 4.74. The van der Waals surface area contributed by atoms with Gasteiger partial charge in [-0.1, -0.05) is 15.9 Å². The van der Waals surface area contributed by atoms with Crippen LogP contribution in [0.5, 0.6) is 0 Å². The summed E-state index contributed by atoms with van der Waals surface area (Å²) < 4.78 is 0.980. The molecule has 0 heterocycles. The summed E-state index contributed by atoms with van der Waals surface area (Å²) in [6.45, 7) is 0. The topological polar surface area (TPSA) is 12.0 Å². The third-order valence-electron chi connectivity index (χ3n) is 1.06. The molecule has 4 heteroatoms. The average Bonchev–Trinajstić information content (AvgIpc) is 1.94. The zero-order valence-electron chi connectivity index (χ0n) is 4.94. The average molecular weight is 239 g/mol. The fourth-order valence-corrected chi connectivity index (χ4v) is 1.36. The highest BCUT2D eigenvalue weighted by atomic mass is 79.9. The molecule has 0 atom stereocenters. The molecule has 0 unspecified atom stereocenters. The lowest BCUT2D eigenvalue weighted by atomic mass is 10.3. The smallest absolute Gasteiger partial charge is 0.0636 e. The lowest BCUT2D eigenvalue weighted by Crippen LogP contribution is -1.81. The van der Waals surface area contributed by atoms with Crippen LogP contribution >= 0.6 is 40.3 Å². The van der Waals surface area contributed by atoms with Crippen molar-refractivity contribution in [3.63, 3.8) is 0 Å². The molecule has 0 aromatic heterocycles. The van der Waals surface area contributed by atoms with Crippen molar-refractivity contribution in [2.45, 2.75) is 4.90 Å². The van der Waals surface area contributed by atoms with Crippen LogP contribution in [0.25, 0.3) is 0 Å². The van der Waals surface area contributed by atoms with E-state index < -0.39 is 0 Å². The van der Waals surface area contributed by atoms with Crippen LogP contribution in [0.15, 0.2) is 27.6 Å². The number of anilines is 1. The first-order valence-electron chi connectivity index (χ1n) is 2.59. The van der Waals surface area contributed by atoms with Gasteiger partial charge in [0.05, 0.1) is 5.69 Å². The molecule has 0 bridgehead atoms. The van der Waals surface area contributed by atoms with E-state index in [2.05, 4.69) is 33.4 Å². The predicted molar refractivity (Wildman–Crippen MR) is 50.9 cm³/mol. The fourth-order valence-electron chi connectivity index (χ4n) is 0.584. The van der Waals surface area contributed by atoms with Crippen LogP contribution in [-0.2, 0) is 0 Å². The first kappa shape index (κ1) is 8.24. The van der Waals surface area contributed by atoms with E-state index >= 15 is 0 Å². The molecule has 0 aliphatic heterocycles. The zero-order chi connectivity index (χ0) is 7.56. The van der Waals surface area contributed by atoms with Gasteiger partial charge in [0.2, 0.25) is 0 Å². The van der Waals surface area contributed by atoms with Crippen molar-refractivity contribution in [2.75, 3.05) is 4.84 Å². The Morgan fingerprint density at radius 2 is 2.20 bits per heavy atom. The summed E-state index contributed by atoms with van der Waals surface area (Å²) in [4.78, 5) is 3.33. The summed E-state index contributed by atoms with van der Waals surface area (Å²) in [6.07, 6.45) is 0. The monoisotopic (exact) mass is 237 g/mol. The maximum Gasteiger partial charge on any atom is 0.0636 e. The Labute approximate surface area is 78.4 Å². The molecule has 0 aliphatic carbocycles. The highest BCUT2D eigenvalue weighted by Crippen LogP contribution is 2.24. The molecule has 10 heavy (non-hydrogen) atoms. The molecular formula is C6H5BrClNS. The van der Waals surface area contributed by atoms with E-state index in [4.69, 9.17) is 11.8 Å². The summed E-state index contributed by atoms with van der Waals surface area (Å²) in [5.41, 5.74) is 0.805. The van der Waals surface area contributed by atoms with Crippen molar-refractivity contribution in [1.29, 1.82) is 0 Å². The number of thiol groups is 1. The molecule has 54 valence electrons. The molecule has 1 nitrogen and oxygen atoms in total. The van der Waals surface area contributed by atoms with Crippen molar-refractivity contribution in [2.24, 2.45) is 0 Å². The lowest BCUT2D eigenvalue weighted by Gasteiger charge is -2.00. The number of halogens is 2. The van der Waals surface area contributed by atoms with E-state index in [-0.39, 0.29) is 0 Å².